The summed E-state index contributed by atoms with van der Waals surface area (Å²) in [4.78, 5) is 27.6. The molecule has 0 saturated carbocycles. The van der Waals surface area contributed by atoms with Gasteiger partial charge in [-0.15, -0.1) is 11.6 Å². The van der Waals surface area contributed by atoms with Crippen molar-refractivity contribution >= 4 is 28.6 Å². The van der Waals surface area contributed by atoms with Gasteiger partial charge in [-0.3, -0.25) is 4.79 Å². The van der Waals surface area contributed by atoms with Crippen LogP contribution in [0.3, 0.4) is 0 Å². The van der Waals surface area contributed by atoms with Crippen molar-refractivity contribution in [2.24, 2.45) is 0 Å². The minimum absolute atomic E-state index is 0.0152. The second-order valence-electron chi connectivity index (χ2n) is 5.99. The number of ether oxygens (including phenoxy) is 1. The van der Waals surface area contributed by atoms with Gasteiger partial charge in [0.25, 0.3) is 0 Å². The van der Waals surface area contributed by atoms with E-state index in [1.54, 1.807) is 4.68 Å². The Balaban J connectivity index is 1.83. The molecule has 2 aromatic heterocycles. The highest BCUT2D eigenvalue weighted by Gasteiger charge is 2.18. The van der Waals surface area contributed by atoms with Crippen LogP contribution in [0, 0.1) is 0 Å². The fourth-order valence-corrected chi connectivity index (χ4v) is 2.93. The normalized spacial score (nSPS) is 12.2. The third kappa shape index (κ3) is 3.80. The molecule has 136 valence electrons. The van der Waals surface area contributed by atoms with E-state index in [2.05, 4.69) is 10.1 Å². The number of fused-ring (bicyclic) bond motifs is 1. The molecule has 1 N–H and O–H groups in total. The first kappa shape index (κ1) is 18.2. The van der Waals surface area contributed by atoms with Crippen molar-refractivity contribution in [3.63, 3.8) is 0 Å². The van der Waals surface area contributed by atoms with Gasteiger partial charge < -0.3 is 9.72 Å². The van der Waals surface area contributed by atoms with Crippen LogP contribution >= 0.6 is 11.6 Å². The van der Waals surface area contributed by atoms with E-state index in [9.17, 15) is 9.59 Å². The van der Waals surface area contributed by atoms with Crippen LogP contribution < -0.4 is 5.43 Å². The van der Waals surface area contributed by atoms with E-state index >= 15 is 0 Å². The summed E-state index contributed by atoms with van der Waals surface area (Å²) in [6.07, 6.45) is 4.51. The SMILES string of the molecule is CCCCOC(=O)c1c[nH]c2c(cnn2CC(Cl)c2ccccc2)c1=O. The molecular weight excluding hydrogens is 354 g/mol. The molecule has 0 saturated heterocycles. The van der Waals surface area contributed by atoms with Gasteiger partial charge in [0.05, 0.1) is 30.1 Å². The quantitative estimate of drug-likeness (QED) is 0.389. The second kappa shape index (κ2) is 8.19. The number of hydrogen-bond acceptors (Lipinski definition) is 4. The largest absolute Gasteiger partial charge is 0.462 e. The first-order valence-corrected chi connectivity index (χ1v) is 8.98. The Bertz CT molecular complexity index is 950. The van der Waals surface area contributed by atoms with Gasteiger partial charge in [-0.25, -0.2) is 9.48 Å². The van der Waals surface area contributed by atoms with Crippen molar-refractivity contribution in [1.82, 2.24) is 14.8 Å². The summed E-state index contributed by atoms with van der Waals surface area (Å²) in [5.41, 5.74) is 1.09. The second-order valence-corrected chi connectivity index (χ2v) is 6.51. The molecule has 0 aliphatic heterocycles. The standard InChI is InChI=1S/C19H20ClN3O3/c1-2-3-9-26-19(25)15-10-21-18-14(17(15)24)11-22-23(18)12-16(20)13-7-5-4-6-8-13/h4-8,10-11,16H,2-3,9,12H2,1H3,(H,21,24). The average Bonchev–Trinajstić information content (AvgIpc) is 3.06. The van der Waals surface area contributed by atoms with Crippen LogP contribution in [0.2, 0.25) is 0 Å². The lowest BCUT2D eigenvalue weighted by Crippen LogP contribution is -2.18. The molecule has 1 unspecified atom stereocenters. The summed E-state index contributed by atoms with van der Waals surface area (Å²) in [5, 5.41) is 4.30. The zero-order valence-electron chi connectivity index (χ0n) is 14.4. The maximum absolute atomic E-state index is 12.6. The molecule has 1 atom stereocenters. The van der Waals surface area contributed by atoms with Gasteiger partial charge >= 0.3 is 5.97 Å². The number of carbonyl (C=O) groups is 1. The summed E-state index contributed by atoms with van der Waals surface area (Å²) >= 11 is 6.46. The highest BCUT2D eigenvalue weighted by Crippen LogP contribution is 2.23. The van der Waals surface area contributed by atoms with Gasteiger partial charge in [0.15, 0.2) is 0 Å². The Hall–Kier alpha value is -2.60. The number of alkyl halides is 1. The van der Waals surface area contributed by atoms with Crippen LogP contribution in [-0.4, -0.2) is 27.3 Å². The van der Waals surface area contributed by atoms with E-state index in [1.165, 1.54) is 12.4 Å². The van der Waals surface area contributed by atoms with Crippen molar-refractivity contribution in [2.45, 2.75) is 31.7 Å². The van der Waals surface area contributed by atoms with Crippen molar-refractivity contribution in [3.8, 4) is 0 Å². The number of halogens is 1. The molecule has 0 fully saturated rings. The van der Waals surface area contributed by atoms with Gasteiger partial charge in [-0.1, -0.05) is 43.7 Å². The van der Waals surface area contributed by atoms with E-state index in [-0.39, 0.29) is 10.9 Å². The molecule has 1 aromatic carbocycles. The molecule has 0 bridgehead atoms. The summed E-state index contributed by atoms with van der Waals surface area (Å²) in [6, 6.07) is 9.65. The van der Waals surface area contributed by atoms with Gasteiger partial charge in [0.1, 0.15) is 11.2 Å². The van der Waals surface area contributed by atoms with Crippen molar-refractivity contribution in [3.05, 3.63) is 64.1 Å². The maximum Gasteiger partial charge on any atom is 0.343 e. The third-order valence-corrected chi connectivity index (χ3v) is 4.52. The molecular formula is C19H20ClN3O3. The number of hydrogen-bond donors (Lipinski definition) is 1. The average molecular weight is 374 g/mol. The summed E-state index contributed by atoms with van der Waals surface area (Å²) in [6.45, 7) is 2.70. The highest BCUT2D eigenvalue weighted by atomic mass is 35.5. The molecule has 3 rings (SSSR count). The molecule has 26 heavy (non-hydrogen) atoms. The van der Waals surface area contributed by atoms with Crippen LogP contribution in [0.15, 0.2) is 47.5 Å². The Labute approximate surface area is 155 Å². The number of benzene rings is 1. The van der Waals surface area contributed by atoms with Crippen LogP contribution in [0.25, 0.3) is 11.0 Å². The number of H-pyrrole nitrogens is 1. The number of nitrogens with one attached hydrogen (secondary N) is 1. The van der Waals surface area contributed by atoms with Gasteiger partial charge in [-0.2, -0.15) is 5.10 Å². The molecule has 6 nitrogen and oxygen atoms in total. The molecule has 0 spiro atoms. The van der Waals surface area contributed by atoms with Crippen LogP contribution in [0.5, 0.6) is 0 Å². The lowest BCUT2D eigenvalue weighted by Gasteiger charge is -2.11. The molecule has 3 aromatic rings. The molecule has 7 heteroatoms. The maximum atomic E-state index is 12.6. The smallest absolute Gasteiger partial charge is 0.343 e. The first-order chi connectivity index (χ1) is 12.6. The Morgan fingerprint density at radius 1 is 1.35 bits per heavy atom. The predicted octanol–water partition coefficient (Wildman–Crippen LogP) is 3.66. The van der Waals surface area contributed by atoms with Crippen molar-refractivity contribution < 1.29 is 9.53 Å². The molecule has 0 aliphatic carbocycles. The van der Waals surface area contributed by atoms with E-state index in [4.69, 9.17) is 16.3 Å². The van der Waals surface area contributed by atoms with E-state index in [0.717, 1.165) is 18.4 Å². The zero-order chi connectivity index (χ0) is 18.5. The third-order valence-electron chi connectivity index (χ3n) is 4.13. The minimum Gasteiger partial charge on any atom is -0.462 e. The van der Waals surface area contributed by atoms with Gasteiger partial charge in [0, 0.05) is 6.20 Å². The topological polar surface area (TPSA) is 77.0 Å². The van der Waals surface area contributed by atoms with Gasteiger partial charge in [-0.05, 0) is 12.0 Å². The number of carbonyl (C=O) groups excluding carboxylic acids is 1. The number of rotatable bonds is 7. The van der Waals surface area contributed by atoms with Crippen molar-refractivity contribution in [1.29, 1.82) is 0 Å². The highest BCUT2D eigenvalue weighted by molar-refractivity contribution is 6.20. The lowest BCUT2D eigenvalue weighted by atomic mass is 10.1. The summed E-state index contributed by atoms with van der Waals surface area (Å²) < 4.78 is 6.75. The van der Waals surface area contributed by atoms with E-state index in [0.29, 0.717) is 24.2 Å². The Morgan fingerprint density at radius 3 is 2.85 bits per heavy atom. The summed E-state index contributed by atoms with van der Waals surface area (Å²) in [7, 11) is 0. The number of nitrogens with zero attached hydrogens (tertiary/aromatic N) is 2. The molecule has 0 aliphatic rings. The van der Waals surface area contributed by atoms with Crippen LogP contribution in [0.1, 0.15) is 41.1 Å². The number of esters is 1. The van der Waals surface area contributed by atoms with Crippen LogP contribution in [0.4, 0.5) is 0 Å². The fourth-order valence-electron chi connectivity index (χ4n) is 2.65. The fraction of sp³-hybridized carbons (Fsp3) is 0.316. The minimum atomic E-state index is -0.617. The predicted molar refractivity (Wildman–Crippen MR) is 101 cm³/mol. The molecule has 2 heterocycles. The number of aromatic amines is 1. The molecule has 0 amide bonds. The van der Waals surface area contributed by atoms with E-state index < -0.39 is 11.4 Å². The lowest BCUT2D eigenvalue weighted by molar-refractivity contribution is 0.0498. The Kier molecular flexibility index (Phi) is 5.73. The number of aromatic nitrogens is 3. The van der Waals surface area contributed by atoms with Gasteiger partial charge in [0.2, 0.25) is 5.43 Å². The van der Waals surface area contributed by atoms with E-state index in [1.807, 2.05) is 37.3 Å². The zero-order valence-corrected chi connectivity index (χ0v) is 15.2. The van der Waals surface area contributed by atoms with Crippen molar-refractivity contribution in [2.75, 3.05) is 6.61 Å². The van der Waals surface area contributed by atoms with Crippen LogP contribution in [-0.2, 0) is 11.3 Å². The number of unbranched alkanes of at least 4 members (excludes halogenated alkanes) is 1. The molecule has 0 radical (unpaired) electrons. The Morgan fingerprint density at radius 2 is 2.12 bits per heavy atom. The summed E-state index contributed by atoms with van der Waals surface area (Å²) in [5.74, 6) is -0.617. The first-order valence-electron chi connectivity index (χ1n) is 8.55. The monoisotopic (exact) mass is 373 g/mol. The number of pyridine rings is 1.